The molecule has 0 radical (unpaired) electrons. The van der Waals surface area contributed by atoms with E-state index in [9.17, 15) is 13.2 Å². The Morgan fingerprint density at radius 3 is 1.80 bits per heavy atom. The number of carbonyl (C=O) groups is 1. The Kier molecular flexibility index (Phi) is 5.76. The van der Waals surface area contributed by atoms with E-state index in [1.165, 1.54) is 13.8 Å². The van der Waals surface area contributed by atoms with E-state index in [0.29, 0.717) is 4.24 Å². The zero-order valence-corrected chi connectivity index (χ0v) is 11.4. The van der Waals surface area contributed by atoms with Gasteiger partial charge in [-0.25, -0.2) is 13.2 Å². The second kappa shape index (κ2) is 5.81. The minimum Gasteiger partial charge on any atom is -0.477 e. The molecule has 0 spiro atoms. The first kappa shape index (κ1) is 14.9. The summed E-state index contributed by atoms with van der Waals surface area (Å²) in [6, 6.07) is 0. The Morgan fingerprint density at radius 1 is 1.20 bits per heavy atom. The summed E-state index contributed by atoms with van der Waals surface area (Å²) in [4.78, 5) is 10.5. The number of sulfone groups is 1. The SMILES string of the molecule is CSC(SC)=C(C(=O)O)S(=O)(=O)C(C)C. The molecule has 0 unspecified atom stereocenters. The normalized spacial score (nSPS) is 11.5. The van der Waals surface area contributed by atoms with E-state index in [1.54, 1.807) is 12.5 Å². The Hall–Kier alpha value is -0.140. The zero-order valence-electron chi connectivity index (χ0n) is 8.97. The quantitative estimate of drug-likeness (QED) is 0.768. The van der Waals surface area contributed by atoms with Gasteiger partial charge in [0.15, 0.2) is 14.7 Å². The summed E-state index contributed by atoms with van der Waals surface area (Å²) in [6.07, 6.45) is 3.31. The van der Waals surface area contributed by atoms with Crippen molar-refractivity contribution in [3.05, 3.63) is 9.14 Å². The maximum atomic E-state index is 11.8. The van der Waals surface area contributed by atoms with Gasteiger partial charge in [-0.1, -0.05) is 0 Å². The second-order valence-electron chi connectivity index (χ2n) is 2.92. The average molecular weight is 270 g/mol. The number of carboxylic acid groups (broad SMARTS) is 1. The number of thioether (sulfide) groups is 2. The largest absolute Gasteiger partial charge is 0.477 e. The van der Waals surface area contributed by atoms with Gasteiger partial charge in [-0.05, 0) is 26.4 Å². The maximum absolute atomic E-state index is 11.8. The first-order chi connectivity index (χ1) is 6.78. The highest BCUT2D eigenvalue weighted by molar-refractivity contribution is 8.22. The van der Waals surface area contributed by atoms with Crippen molar-refractivity contribution in [2.45, 2.75) is 19.1 Å². The molecule has 0 fully saturated rings. The molecule has 0 aromatic rings. The van der Waals surface area contributed by atoms with Gasteiger partial charge in [0.2, 0.25) is 0 Å². The second-order valence-corrected chi connectivity index (χ2v) is 7.26. The highest BCUT2D eigenvalue weighted by atomic mass is 32.2. The van der Waals surface area contributed by atoms with E-state index < -0.39 is 26.0 Å². The van der Waals surface area contributed by atoms with E-state index in [-0.39, 0.29) is 0 Å². The average Bonchev–Trinajstić information content (AvgIpc) is 2.12. The standard InChI is InChI=1S/C8H14O4S3/c1-5(2)15(11,12)6(7(9)10)8(13-3)14-4/h5H,1-4H3,(H,9,10). The molecule has 0 saturated carbocycles. The third-order valence-electron chi connectivity index (χ3n) is 1.66. The Balaban J connectivity index is 5.75. The van der Waals surface area contributed by atoms with Gasteiger partial charge < -0.3 is 5.11 Å². The molecule has 1 N–H and O–H groups in total. The van der Waals surface area contributed by atoms with Crippen LogP contribution >= 0.6 is 23.5 Å². The fraction of sp³-hybridized carbons (Fsp3) is 0.625. The van der Waals surface area contributed by atoms with Crippen LogP contribution in [0.25, 0.3) is 0 Å². The topological polar surface area (TPSA) is 71.4 Å². The van der Waals surface area contributed by atoms with Crippen molar-refractivity contribution in [2.75, 3.05) is 12.5 Å². The van der Waals surface area contributed by atoms with Gasteiger partial charge in [0.1, 0.15) is 0 Å². The number of hydrogen-bond donors (Lipinski definition) is 1. The highest BCUT2D eigenvalue weighted by Gasteiger charge is 2.31. The van der Waals surface area contributed by atoms with Gasteiger partial charge in [0.25, 0.3) is 0 Å². The van der Waals surface area contributed by atoms with E-state index in [4.69, 9.17) is 5.11 Å². The Morgan fingerprint density at radius 2 is 1.60 bits per heavy atom. The molecule has 0 atom stereocenters. The lowest BCUT2D eigenvalue weighted by molar-refractivity contribution is -0.131. The minimum atomic E-state index is -3.72. The van der Waals surface area contributed by atoms with Crippen LogP contribution in [0.3, 0.4) is 0 Å². The predicted molar refractivity (Wildman–Crippen MR) is 65.7 cm³/mol. The summed E-state index contributed by atoms with van der Waals surface area (Å²) >= 11 is 2.27. The van der Waals surface area contributed by atoms with Crippen molar-refractivity contribution in [1.29, 1.82) is 0 Å². The van der Waals surface area contributed by atoms with Gasteiger partial charge in [0, 0.05) is 0 Å². The monoisotopic (exact) mass is 270 g/mol. The fourth-order valence-corrected chi connectivity index (χ4v) is 4.19. The van der Waals surface area contributed by atoms with E-state index >= 15 is 0 Å². The summed E-state index contributed by atoms with van der Waals surface area (Å²) in [5.41, 5.74) is 0. The summed E-state index contributed by atoms with van der Waals surface area (Å²) in [6.45, 7) is 2.94. The predicted octanol–water partition coefficient (Wildman–Crippen LogP) is 1.79. The van der Waals surface area contributed by atoms with Crippen LogP contribution in [0.2, 0.25) is 0 Å². The minimum absolute atomic E-state index is 0.316. The molecule has 0 aliphatic heterocycles. The summed E-state index contributed by atoms with van der Waals surface area (Å²) in [5, 5.41) is 8.20. The smallest absolute Gasteiger partial charge is 0.349 e. The van der Waals surface area contributed by atoms with Crippen LogP contribution in [-0.4, -0.2) is 37.3 Å². The molecule has 0 aliphatic rings. The van der Waals surface area contributed by atoms with Crippen LogP contribution in [0.4, 0.5) is 0 Å². The molecule has 0 heterocycles. The van der Waals surface area contributed by atoms with Crippen molar-refractivity contribution in [2.24, 2.45) is 0 Å². The molecule has 0 aromatic heterocycles. The highest BCUT2D eigenvalue weighted by Crippen LogP contribution is 2.31. The molecule has 0 rings (SSSR count). The van der Waals surface area contributed by atoms with E-state index in [1.807, 2.05) is 0 Å². The lowest BCUT2D eigenvalue weighted by Gasteiger charge is -2.11. The Bertz CT molecular complexity index is 361. The van der Waals surface area contributed by atoms with Crippen molar-refractivity contribution in [3.8, 4) is 0 Å². The molecule has 0 aliphatic carbocycles. The first-order valence-electron chi connectivity index (χ1n) is 4.08. The molecule has 0 saturated heterocycles. The third-order valence-corrected chi connectivity index (χ3v) is 6.25. The Labute approximate surface area is 98.4 Å². The van der Waals surface area contributed by atoms with Gasteiger partial charge in [-0.2, -0.15) is 0 Å². The van der Waals surface area contributed by atoms with Crippen LogP contribution in [-0.2, 0) is 14.6 Å². The number of rotatable bonds is 5. The summed E-state index contributed by atoms with van der Waals surface area (Å²) in [7, 11) is -3.72. The van der Waals surface area contributed by atoms with Crippen molar-refractivity contribution in [1.82, 2.24) is 0 Å². The lowest BCUT2D eigenvalue weighted by atomic mass is 10.6. The van der Waals surface area contributed by atoms with Gasteiger partial charge in [-0.3, -0.25) is 0 Å². The molecule has 4 nitrogen and oxygen atoms in total. The molecule has 0 aromatic carbocycles. The molecular weight excluding hydrogens is 256 g/mol. The van der Waals surface area contributed by atoms with Gasteiger partial charge in [0.05, 0.1) is 9.49 Å². The maximum Gasteiger partial charge on any atom is 0.349 e. The van der Waals surface area contributed by atoms with Crippen molar-refractivity contribution in [3.63, 3.8) is 0 Å². The molecule has 0 amide bonds. The van der Waals surface area contributed by atoms with Gasteiger partial charge >= 0.3 is 5.97 Å². The molecule has 7 heteroatoms. The van der Waals surface area contributed by atoms with Gasteiger partial charge in [-0.15, -0.1) is 23.5 Å². The number of carboxylic acids is 1. The van der Waals surface area contributed by atoms with Crippen LogP contribution in [0.1, 0.15) is 13.8 Å². The van der Waals surface area contributed by atoms with Crippen molar-refractivity contribution >= 4 is 39.3 Å². The summed E-state index contributed by atoms with van der Waals surface area (Å²) < 4.78 is 23.8. The molecule has 0 bridgehead atoms. The lowest BCUT2D eigenvalue weighted by Crippen LogP contribution is -2.22. The van der Waals surface area contributed by atoms with Crippen LogP contribution < -0.4 is 0 Å². The molecule has 88 valence electrons. The summed E-state index contributed by atoms with van der Waals surface area (Å²) in [5.74, 6) is -1.39. The number of hydrogen-bond acceptors (Lipinski definition) is 5. The third kappa shape index (κ3) is 3.42. The van der Waals surface area contributed by atoms with Crippen LogP contribution in [0.5, 0.6) is 0 Å². The van der Waals surface area contributed by atoms with Crippen LogP contribution in [0.15, 0.2) is 9.14 Å². The molecule has 15 heavy (non-hydrogen) atoms. The zero-order chi connectivity index (χ0) is 12.2. The first-order valence-corrected chi connectivity index (χ1v) is 8.08. The molecular formula is C8H14O4S3. The fourth-order valence-electron chi connectivity index (χ4n) is 0.830. The van der Waals surface area contributed by atoms with E-state index in [0.717, 1.165) is 23.5 Å². The van der Waals surface area contributed by atoms with Crippen LogP contribution in [0, 0.1) is 0 Å². The number of aliphatic carboxylic acids is 1. The van der Waals surface area contributed by atoms with E-state index in [2.05, 4.69) is 0 Å². The van der Waals surface area contributed by atoms with Crippen molar-refractivity contribution < 1.29 is 18.3 Å².